The van der Waals surface area contributed by atoms with Gasteiger partial charge in [-0.05, 0) is 69.4 Å². The van der Waals surface area contributed by atoms with E-state index >= 15 is 0 Å². The highest BCUT2D eigenvalue weighted by atomic mass is 32.2. The number of nitrogens with zero attached hydrogens (tertiary/aromatic N) is 1. The predicted octanol–water partition coefficient (Wildman–Crippen LogP) is 4.59. The van der Waals surface area contributed by atoms with Crippen LogP contribution < -0.4 is 4.72 Å². The number of carbonyl (C=O) groups is 1. The fourth-order valence-electron chi connectivity index (χ4n) is 4.03. The Balaban J connectivity index is 1.73. The van der Waals surface area contributed by atoms with Crippen molar-refractivity contribution in [1.82, 2.24) is 9.62 Å². The summed E-state index contributed by atoms with van der Waals surface area (Å²) in [5, 5.41) is 0. The first-order valence-electron chi connectivity index (χ1n) is 10.7. The maximum absolute atomic E-state index is 13.1. The molecule has 0 aromatic heterocycles. The molecule has 1 aromatic carbocycles. The molecule has 3 rings (SSSR count). The van der Waals surface area contributed by atoms with Crippen molar-refractivity contribution in [2.45, 2.75) is 67.6 Å². The minimum atomic E-state index is -3.64. The van der Waals surface area contributed by atoms with Crippen LogP contribution in [0.2, 0.25) is 0 Å². The standard InChI is InChI=1S/C22H32N2O3S2/c1-28-21-12-11-19(17-20(21)22(25)24-15-7-2-3-8-16-24)29(26,27)23-14-13-18-9-5-4-6-10-18/h9,11-12,17,23H,2-8,10,13-16H2,1H3. The van der Waals surface area contributed by atoms with E-state index in [9.17, 15) is 13.2 Å². The summed E-state index contributed by atoms with van der Waals surface area (Å²) in [7, 11) is -3.64. The van der Waals surface area contributed by atoms with E-state index in [1.165, 1.54) is 30.2 Å². The smallest absolute Gasteiger partial charge is 0.255 e. The number of amides is 1. The van der Waals surface area contributed by atoms with Crippen molar-refractivity contribution in [1.29, 1.82) is 0 Å². The van der Waals surface area contributed by atoms with E-state index in [0.717, 1.165) is 62.9 Å². The van der Waals surface area contributed by atoms with Crippen LogP contribution >= 0.6 is 11.8 Å². The molecule has 29 heavy (non-hydrogen) atoms. The van der Waals surface area contributed by atoms with Gasteiger partial charge in [0.15, 0.2) is 0 Å². The molecule has 1 saturated heterocycles. The van der Waals surface area contributed by atoms with E-state index in [1.54, 1.807) is 18.2 Å². The van der Waals surface area contributed by atoms with Crippen LogP contribution in [0, 0.1) is 0 Å². The summed E-state index contributed by atoms with van der Waals surface area (Å²) < 4.78 is 28.4. The first kappa shape index (κ1) is 22.4. The van der Waals surface area contributed by atoms with Crippen molar-refractivity contribution in [2.75, 3.05) is 25.9 Å². The van der Waals surface area contributed by atoms with Gasteiger partial charge in [0.2, 0.25) is 10.0 Å². The number of allylic oxidation sites excluding steroid dienone is 1. The van der Waals surface area contributed by atoms with E-state index in [1.807, 2.05) is 11.2 Å². The van der Waals surface area contributed by atoms with Crippen molar-refractivity contribution in [3.63, 3.8) is 0 Å². The fourth-order valence-corrected chi connectivity index (χ4v) is 5.65. The molecule has 0 radical (unpaired) electrons. The highest BCUT2D eigenvalue weighted by molar-refractivity contribution is 7.98. The summed E-state index contributed by atoms with van der Waals surface area (Å²) in [6.07, 6.45) is 13.8. The topological polar surface area (TPSA) is 66.5 Å². The Morgan fingerprint density at radius 1 is 1.10 bits per heavy atom. The molecule has 1 aromatic rings. The molecule has 0 unspecified atom stereocenters. The summed E-state index contributed by atoms with van der Waals surface area (Å²) in [5.41, 5.74) is 1.84. The molecule has 1 aliphatic carbocycles. The second-order valence-electron chi connectivity index (χ2n) is 7.82. The lowest BCUT2D eigenvalue weighted by molar-refractivity contribution is 0.0758. The minimum absolute atomic E-state index is 0.0549. The summed E-state index contributed by atoms with van der Waals surface area (Å²) in [4.78, 5) is 16.0. The molecule has 7 heteroatoms. The van der Waals surface area contributed by atoms with Crippen molar-refractivity contribution < 1.29 is 13.2 Å². The molecule has 1 N–H and O–H groups in total. The molecule has 0 spiro atoms. The van der Waals surface area contributed by atoms with Crippen LogP contribution in [0.3, 0.4) is 0 Å². The lowest BCUT2D eigenvalue weighted by Gasteiger charge is -2.22. The zero-order chi connectivity index (χ0) is 20.7. The van der Waals surface area contributed by atoms with Gasteiger partial charge in [-0.15, -0.1) is 11.8 Å². The number of likely N-dealkylation sites (tertiary alicyclic amines) is 1. The third-order valence-corrected chi connectivity index (χ3v) is 7.98. The lowest BCUT2D eigenvalue weighted by atomic mass is 9.97. The number of rotatable bonds is 7. The van der Waals surface area contributed by atoms with Gasteiger partial charge in [0.25, 0.3) is 5.91 Å². The third-order valence-electron chi connectivity index (χ3n) is 5.73. The van der Waals surface area contributed by atoms with Gasteiger partial charge in [0.1, 0.15) is 0 Å². The molecule has 1 fully saturated rings. The number of hydrogen-bond acceptors (Lipinski definition) is 4. The largest absolute Gasteiger partial charge is 0.339 e. The molecule has 0 bridgehead atoms. The first-order chi connectivity index (χ1) is 14.0. The number of sulfonamides is 1. The Hall–Kier alpha value is -1.31. The van der Waals surface area contributed by atoms with E-state index < -0.39 is 10.0 Å². The van der Waals surface area contributed by atoms with Crippen LogP contribution in [-0.2, 0) is 10.0 Å². The Morgan fingerprint density at radius 3 is 2.52 bits per heavy atom. The average molecular weight is 437 g/mol. The second-order valence-corrected chi connectivity index (χ2v) is 10.4. The molecule has 2 aliphatic rings. The average Bonchev–Trinajstić information content (AvgIpc) is 3.03. The molecule has 0 saturated carbocycles. The van der Waals surface area contributed by atoms with E-state index in [4.69, 9.17) is 0 Å². The SMILES string of the molecule is CSc1ccc(S(=O)(=O)NCCC2=CCCCC2)cc1C(=O)N1CCCCCC1. The summed E-state index contributed by atoms with van der Waals surface area (Å²) in [6, 6.07) is 4.92. The lowest BCUT2D eigenvalue weighted by Crippen LogP contribution is -2.32. The minimum Gasteiger partial charge on any atom is -0.339 e. The van der Waals surface area contributed by atoms with Gasteiger partial charge >= 0.3 is 0 Å². The molecule has 1 aliphatic heterocycles. The number of carbonyl (C=O) groups excluding carboxylic acids is 1. The van der Waals surface area contributed by atoms with Crippen molar-refractivity contribution in [3.05, 3.63) is 35.4 Å². The van der Waals surface area contributed by atoms with Crippen LogP contribution in [0.5, 0.6) is 0 Å². The Labute approximate surface area is 179 Å². The van der Waals surface area contributed by atoms with Crippen LogP contribution in [-0.4, -0.2) is 45.1 Å². The van der Waals surface area contributed by atoms with Gasteiger partial charge in [-0.25, -0.2) is 13.1 Å². The van der Waals surface area contributed by atoms with Gasteiger partial charge in [0, 0.05) is 24.5 Å². The molecule has 0 atom stereocenters. The number of nitrogens with one attached hydrogen (secondary N) is 1. The highest BCUT2D eigenvalue weighted by Gasteiger charge is 2.23. The molecule has 1 heterocycles. The number of hydrogen-bond donors (Lipinski definition) is 1. The normalized spacial score (nSPS) is 18.2. The zero-order valence-corrected chi connectivity index (χ0v) is 18.9. The number of benzene rings is 1. The van der Waals surface area contributed by atoms with Gasteiger partial charge in [-0.1, -0.05) is 24.5 Å². The Bertz CT molecular complexity index is 842. The highest BCUT2D eigenvalue weighted by Crippen LogP contribution is 2.26. The van der Waals surface area contributed by atoms with E-state index in [-0.39, 0.29) is 10.8 Å². The fraction of sp³-hybridized carbons (Fsp3) is 0.591. The molecular weight excluding hydrogens is 404 g/mol. The molecular formula is C22H32N2O3S2. The summed E-state index contributed by atoms with van der Waals surface area (Å²) in [6.45, 7) is 1.89. The molecule has 160 valence electrons. The summed E-state index contributed by atoms with van der Waals surface area (Å²) in [5.74, 6) is -0.0549. The molecule has 1 amide bonds. The van der Waals surface area contributed by atoms with E-state index in [2.05, 4.69) is 10.8 Å². The van der Waals surface area contributed by atoms with Crippen LogP contribution in [0.1, 0.15) is 68.1 Å². The van der Waals surface area contributed by atoms with Crippen molar-refractivity contribution in [3.8, 4) is 0 Å². The zero-order valence-electron chi connectivity index (χ0n) is 17.3. The van der Waals surface area contributed by atoms with Crippen LogP contribution in [0.15, 0.2) is 39.6 Å². The molecule has 5 nitrogen and oxygen atoms in total. The third kappa shape index (κ3) is 6.09. The van der Waals surface area contributed by atoms with Crippen LogP contribution in [0.25, 0.3) is 0 Å². The van der Waals surface area contributed by atoms with Gasteiger partial charge < -0.3 is 4.90 Å². The van der Waals surface area contributed by atoms with Gasteiger partial charge in [-0.2, -0.15) is 0 Å². The van der Waals surface area contributed by atoms with Gasteiger partial charge in [0.05, 0.1) is 10.5 Å². The Kier molecular flexibility index (Phi) is 8.21. The maximum atomic E-state index is 13.1. The van der Waals surface area contributed by atoms with E-state index in [0.29, 0.717) is 12.1 Å². The van der Waals surface area contributed by atoms with Crippen molar-refractivity contribution >= 4 is 27.7 Å². The first-order valence-corrected chi connectivity index (χ1v) is 13.4. The quantitative estimate of drug-likeness (QED) is 0.501. The predicted molar refractivity (Wildman–Crippen MR) is 119 cm³/mol. The number of thioether (sulfide) groups is 1. The Morgan fingerprint density at radius 2 is 1.86 bits per heavy atom. The van der Waals surface area contributed by atoms with Crippen molar-refractivity contribution in [2.24, 2.45) is 0 Å². The monoisotopic (exact) mass is 436 g/mol. The van der Waals surface area contributed by atoms with Gasteiger partial charge in [-0.3, -0.25) is 4.79 Å². The summed E-state index contributed by atoms with van der Waals surface area (Å²) >= 11 is 1.48. The second kappa shape index (κ2) is 10.6. The maximum Gasteiger partial charge on any atom is 0.255 e. The van der Waals surface area contributed by atoms with Crippen LogP contribution in [0.4, 0.5) is 0 Å².